The van der Waals surface area contributed by atoms with Gasteiger partial charge in [0.25, 0.3) is 5.56 Å². The van der Waals surface area contributed by atoms with Crippen LogP contribution in [0.15, 0.2) is 17.1 Å². The molecule has 1 rings (SSSR count). The van der Waals surface area contributed by atoms with E-state index in [9.17, 15) is 4.79 Å². The van der Waals surface area contributed by atoms with Crippen LogP contribution in [0.1, 0.15) is 12.5 Å². The fraction of sp³-hybridized carbons (Fsp3) is 0.500. The normalized spacial score (nSPS) is 12.9. The summed E-state index contributed by atoms with van der Waals surface area (Å²) in [5.41, 5.74) is 0.665. The zero-order chi connectivity index (χ0) is 9.14. The fourth-order valence-corrected chi connectivity index (χ4v) is 0.912. The zero-order valence-corrected chi connectivity index (χ0v) is 7.19. The minimum atomic E-state index is -0.544. The van der Waals surface area contributed by atoms with Gasteiger partial charge in [0, 0.05) is 6.07 Å². The van der Waals surface area contributed by atoms with E-state index in [-0.39, 0.29) is 12.1 Å². The molecule has 0 aliphatic rings. The lowest BCUT2D eigenvalue weighted by Gasteiger charge is -2.05. The van der Waals surface area contributed by atoms with Crippen molar-refractivity contribution < 1.29 is 5.11 Å². The predicted octanol–water partition coefficient (Wildman–Crippen LogP) is -0.0675. The van der Waals surface area contributed by atoms with E-state index in [1.54, 1.807) is 20.0 Å². The number of aryl methyl sites for hydroxylation is 1. The number of hydrogen-bond donors (Lipinski definition) is 1. The van der Waals surface area contributed by atoms with E-state index in [2.05, 4.69) is 5.10 Å². The van der Waals surface area contributed by atoms with Crippen LogP contribution in [0.2, 0.25) is 0 Å². The zero-order valence-electron chi connectivity index (χ0n) is 7.19. The second-order valence-corrected chi connectivity index (χ2v) is 2.90. The molecule has 4 nitrogen and oxygen atoms in total. The topological polar surface area (TPSA) is 55.1 Å². The maximum atomic E-state index is 11.2. The summed E-state index contributed by atoms with van der Waals surface area (Å²) in [6.45, 7) is 3.67. The van der Waals surface area contributed by atoms with Gasteiger partial charge in [0.2, 0.25) is 0 Å². The molecule has 0 spiro atoms. The highest BCUT2D eigenvalue weighted by atomic mass is 16.3. The van der Waals surface area contributed by atoms with Crippen molar-refractivity contribution in [2.24, 2.45) is 0 Å². The summed E-state index contributed by atoms with van der Waals surface area (Å²) in [5.74, 6) is 0. The van der Waals surface area contributed by atoms with E-state index in [4.69, 9.17) is 5.11 Å². The molecular formula is C8H12N2O2. The van der Waals surface area contributed by atoms with Crippen LogP contribution in [0.3, 0.4) is 0 Å². The molecule has 0 saturated heterocycles. The van der Waals surface area contributed by atoms with Crippen LogP contribution >= 0.6 is 0 Å². The summed E-state index contributed by atoms with van der Waals surface area (Å²) in [5, 5.41) is 12.9. The van der Waals surface area contributed by atoms with E-state index < -0.39 is 6.10 Å². The van der Waals surface area contributed by atoms with Gasteiger partial charge in [0.1, 0.15) is 0 Å². The van der Waals surface area contributed by atoms with E-state index in [1.807, 2.05) is 0 Å². The van der Waals surface area contributed by atoms with Crippen LogP contribution in [-0.2, 0) is 6.54 Å². The Balaban J connectivity index is 2.94. The monoisotopic (exact) mass is 168 g/mol. The lowest BCUT2D eigenvalue weighted by atomic mass is 10.3. The summed E-state index contributed by atoms with van der Waals surface area (Å²) < 4.78 is 1.25. The van der Waals surface area contributed by atoms with Crippen molar-refractivity contribution in [1.29, 1.82) is 0 Å². The molecule has 4 heteroatoms. The number of nitrogens with zero attached hydrogens (tertiary/aromatic N) is 2. The average molecular weight is 168 g/mol. The van der Waals surface area contributed by atoms with Gasteiger partial charge >= 0.3 is 0 Å². The quantitative estimate of drug-likeness (QED) is 0.672. The lowest BCUT2D eigenvalue weighted by Crippen LogP contribution is -2.26. The summed E-state index contributed by atoms with van der Waals surface area (Å²) in [6.07, 6.45) is 1.06. The van der Waals surface area contributed by atoms with Crippen molar-refractivity contribution in [3.05, 3.63) is 28.2 Å². The lowest BCUT2D eigenvalue weighted by molar-refractivity contribution is 0.166. The van der Waals surface area contributed by atoms with Gasteiger partial charge in [-0.3, -0.25) is 4.79 Å². The highest BCUT2D eigenvalue weighted by molar-refractivity contribution is 5.02. The Hall–Kier alpha value is -1.16. The van der Waals surface area contributed by atoms with Gasteiger partial charge in [-0.05, 0) is 19.4 Å². The van der Waals surface area contributed by atoms with Crippen LogP contribution in [0.25, 0.3) is 0 Å². The van der Waals surface area contributed by atoms with Crippen molar-refractivity contribution in [3.63, 3.8) is 0 Å². The summed E-state index contributed by atoms with van der Waals surface area (Å²) in [6, 6.07) is 1.50. The van der Waals surface area contributed by atoms with E-state index in [1.165, 1.54) is 10.7 Å². The fourth-order valence-electron chi connectivity index (χ4n) is 0.912. The van der Waals surface area contributed by atoms with Crippen molar-refractivity contribution >= 4 is 0 Å². The Kier molecular flexibility index (Phi) is 2.60. The molecule has 0 fully saturated rings. The molecule has 0 aromatic carbocycles. The second kappa shape index (κ2) is 3.49. The van der Waals surface area contributed by atoms with Crippen molar-refractivity contribution in [3.8, 4) is 0 Å². The van der Waals surface area contributed by atoms with Gasteiger partial charge in [-0.2, -0.15) is 5.10 Å². The van der Waals surface area contributed by atoms with Crippen molar-refractivity contribution in [2.75, 3.05) is 0 Å². The van der Waals surface area contributed by atoms with E-state index >= 15 is 0 Å². The molecule has 66 valence electrons. The first-order valence-electron chi connectivity index (χ1n) is 3.81. The smallest absolute Gasteiger partial charge is 0.267 e. The molecule has 0 bridgehead atoms. The molecule has 0 radical (unpaired) electrons. The van der Waals surface area contributed by atoms with Crippen LogP contribution in [0, 0.1) is 6.92 Å². The van der Waals surface area contributed by atoms with Crippen LogP contribution < -0.4 is 5.56 Å². The molecule has 1 atom stereocenters. The molecular weight excluding hydrogens is 156 g/mol. The molecule has 0 aliphatic carbocycles. The molecule has 1 heterocycles. The molecule has 0 unspecified atom stereocenters. The predicted molar refractivity (Wildman–Crippen MR) is 44.9 cm³/mol. The molecule has 1 N–H and O–H groups in total. The summed E-state index contributed by atoms with van der Waals surface area (Å²) >= 11 is 0. The first-order valence-corrected chi connectivity index (χ1v) is 3.81. The average Bonchev–Trinajstić information content (AvgIpc) is 1.94. The van der Waals surface area contributed by atoms with E-state index in [0.717, 1.165) is 5.56 Å². The third kappa shape index (κ3) is 2.17. The Morgan fingerprint density at radius 1 is 1.75 bits per heavy atom. The van der Waals surface area contributed by atoms with Gasteiger partial charge in [0.15, 0.2) is 0 Å². The minimum absolute atomic E-state index is 0.170. The highest BCUT2D eigenvalue weighted by Crippen LogP contribution is 1.88. The van der Waals surface area contributed by atoms with E-state index in [0.29, 0.717) is 0 Å². The van der Waals surface area contributed by atoms with Gasteiger partial charge in [-0.1, -0.05) is 0 Å². The molecule has 0 aliphatic heterocycles. The summed E-state index contributed by atoms with van der Waals surface area (Å²) in [7, 11) is 0. The standard InChI is InChI=1S/C8H12N2O2/c1-6-3-8(12)10(9-4-6)5-7(2)11/h3-4,7,11H,5H2,1-2H3/t7-/m0/s1. The number of aromatic nitrogens is 2. The Morgan fingerprint density at radius 2 is 2.42 bits per heavy atom. The first-order chi connectivity index (χ1) is 5.59. The highest BCUT2D eigenvalue weighted by Gasteiger charge is 2.00. The molecule has 0 saturated carbocycles. The third-order valence-electron chi connectivity index (χ3n) is 1.44. The molecule has 12 heavy (non-hydrogen) atoms. The SMILES string of the molecule is Cc1cnn(C[C@H](C)O)c(=O)c1. The molecule has 1 aromatic rings. The van der Waals surface area contributed by atoms with Crippen molar-refractivity contribution in [2.45, 2.75) is 26.5 Å². The number of aliphatic hydroxyl groups is 1. The van der Waals surface area contributed by atoms with Crippen molar-refractivity contribution in [1.82, 2.24) is 9.78 Å². The van der Waals surface area contributed by atoms with Gasteiger partial charge in [0.05, 0.1) is 18.8 Å². The Labute approximate surface area is 70.5 Å². The van der Waals surface area contributed by atoms with Gasteiger partial charge in [-0.25, -0.2) is 4.68 Å². The summed E-state index contributed by atoms with van der Waals surface area (Å²) in [4.78, 5) is 11.2. The number of hydrogen-bond acceptors (Lipinski definition) is 3. The van der Waals surface area contributed by atoms with Gasteiger partial charge < -0.3 is 5.11 Å². The minimum Gasteiger partial charge on any atom is -0.391 e. The second-order valence-electron chi connectivity index (χ2n) is 2.90. The maximum Gasteiger partial charge on any atom is 0.267 e. The third-order valence-corrected chi connectivity index (χ3v) is 1.44. The first kappa shape index (κ1) is 8.93. The Bertz CT molecular complexity index is 317. The molecule has 1 aromatic heterocycles. The number of aliphatic hydroxyl groups excluding tert-OH is 1. The Morgan fingerprint density at radius 3 is 2.92 bits per heavy atom. The molecule has 0 amide bonds. The van der Waals surface area contributed by atoms with Gasteiger partial charge in [-0.15, -0.1) is 0 Å². The van der Waals surface area contributed by atoms with Crippen LogP contribution in [0.5, 0.6) is 0 Å². The van der Waals surface area contributed by atoms with Crippen LogP contribution in [0.4, 0.5) is 0 Å². The number of rotatable bonds is 2. The largest absolute Gasteiger partial charge is 0.391 e. The maximum absolute atomic E-state index is 11.2. The van der Waals surface area contributed by atoms with Crippen LogP contribution in [-0.4, -0.2) is 21.0 Å².